The van der Waals surface area contributed by atoms with Gasteiger partial charge in [0.05, 0.1) is 24.5 Å². The van der Waals surface area contributed by atoms with Gasteiger partial charge in [-0.25, -0.2) is 8.42 Å². The van der Waals surface area contributed by atoms with Crippen LogP contribution in [0.2, 0.25) is 0 Å². The van der Waals surface area contributed by atoms with Crippen molar-refractivity contribution in [2.24, 2.45) is 0 Å². The molecule has 3 aromatic carbocycles. The fourth-order valence-corrected chi connectivity index (χ4v) is 4.70. The van der Waals surface area contributed by atoms with E-state index >= 15 is 0 Å². The zero-order valence-electron chi connectivity index (χ0n) is 17.4. The molecular formula is C24H24N2O4S. The first kappa shape index (κ1) is 20.9. The number of nitrogens with zero attached hydrogens (tertiary/aromatic N) is 1. The van der Waals surface area contributed by atoms with Gasteiger partial charge in [-0.15, -0.1) is 0 Å². The minimum atomic E-state index is -3.57. The van der Waals surface area contributed by atoms with Gasteiger partial charge >= 0.3 is 0 Å². The maximum absolute atomic E-state index is 13.3. The summed E-state index contributed by atoms with van der Waals surface area (Å²) in [6.07, 6.45) is 0.157. The minimum absolute atomic E-state index is 0.0863. The van der Waals surface area contributed by atoms with E-state index in [9.17, 15) is 13.2 Å². The van der Waals surface area contributed by atoms with E-state index in [0.717, 1.165) is 22.9 Å². The van der Waals surface area contributed by atoms with E-state index in [-0.39, 0.29) is 18.5 Å². The quantitative estimate of drug-likeness (QED) is 0.665. The molecule has 0 radical (unpaired) electrons. The van der Waals surface area contributed by atoms with Crippen LogP contribution in [0.3, 0.4) is 0 Å². The van der Waals surface area contributed by atoms with Gasteiger partial charge in [0.15, 0.2) is 6.10 Å². The van der Waals surface area contributed by atoms with Crippen LogP contribution < -0.4 is 14.4 Å². The number of rotatable bonds is 5. The molecule has 0 saturated carbocycles. The molecule has 1 amide bonds. The Morgan fingerprint density at radius 1 is 1.00 bits per heavy atom. The second-order valence-corrected chi connectivity index (χ2v) is 9.48. The fraction of sp³-hybridized carbons (Fsp3) is 0.208. The normalized spacial score (nSPS) is 16.7. The topological polar surface area (TPSA) is 75.7 Å². The molecule has 1 aliphatic rings. The highest BCUT2D eigenvalue weighted by atomic mass is 32.2. The Hall–Kier alpha value is -3.32. The molecule has 0 bridgehead atoms. The van der Waals surface area contributed by atoms with Crippen LogP contribution in [0.5, 0.6) is 5.75 Å². The molecule has 0 saturated heterocycles. The van der Waals surface area contributed by atoms with Crippen molar-refractivity contribution in [1.82, 2.24) is 5.32 Å². The van der Waals surface area contributed by atoms with Gasteiger partial charge in [-0.05, 0) is 35.7 Å². The largest absolute Gasteiger partial charge is 0.476 e. The van der Waals surface area contributed by atoms with E-state index in [2.05, 4.69) is 5.32 Å². The van der Waals surface area contributed by atoms with Crippen LogP contribution in [0.1, 0.15) is 22.7 Å². The Morgan fingerprint density at radius 2 is 1.65 bits per heavy atom. The number of carbonyl (C=O) groups is 1. The first-order chi connectivity index (χ1) is 14.8. The molecule has 0 aromatic heterocycles. The summed E-state index contributed by atoms with van der Waals surface area (Å²) in [7, 11) is -3.57. The van der Waals surface area contributed by atoms with Crippen molar-refractivity contribution in [2.45, 2.75) is 19.1 Å². The van der Waals surface area contributed by atoms with E-state index in [1.165, 1.54) is 4.31 Å². The molecule has 0 unspecified atom stereocenters. The van der Waals surface area contributed by atoms with Gasteiger partial charge in [-0.1, -0.05) is 66.7 Å². The monoisotopic (exact) mass is 436 g/mol. The van der Waals surface area contributed by atoms with E-state index in [4.69, 9.17) is 4.74 Å². The molecule has 160 valence electrons. The molecule has 7 heteroatoms. The zero-order valence-corrected chi connectivity index (χ0v) is 18.2. The average Bonchev–Trinajstić information content (AvgIpc) is 2.77. The Kier molecular flexibility index (Phi) is 5.69. The van der Waals surface area contributed by atoms with Gasteiger partial charge in [0, 0.05) is 0 Å². The second-order valence-electron chi connectivity index (χ2n) is 7.58. The lowest BCUT2D eigenvalue weighted by Crippen LogP contribution is -2.51. The van der Waals surface area contributed by atoms with Crippen LogP contribution >= 0.6 is 0 Å². The molecule has 3 aromatic rings. The summed E-state index contributed by atoms with van der Waals surface area (Å²) in [6, 6.07) is 24.0. The van der Waals surface area contributed by atoms with Gasteiger partial charge in [0.25, 0.3) is 5.91 Å². The number of amides is 1. The molecule has 0 fully saturated rings. The molecule has 6 nitrogen and oxygen atoms in total. The predicted octanol–water partition coefficient (Wildman–Crippen LogP) is 3.43. The summed E-state index contributed by atoms with van der Waals surface area (Å²) in [5, 5.41) is 3.08. The number of anilines is 1. The van der Waals surface area contributed by atoms with Crippen molar-refractivity contribution in [2.75, 3.05) is 17.1 Å². The Morgan fingerprint density at radius 3 is 2.35 bits per heavy atom. The predicted molar refractivity (Wildman–Crippen MR) is 121 cm³/mol. The molecule has 0 spiro atoms. The maximum Gasteiger partial charge on any atom is 0.263 e. The molecule has 1 aliphatic heterocycles. The summed E-state index contributed by atoms with van der Waals surface area (Å²) in [5.41, 5.74) is 3.39. The molecular weight excluding hydrogens is 412 g/mol. The van der Waals surface area contributed by atoms with Crippen molar-refractivity contribution < 1.29 is 17.9 Å². The number of ether oxygens (including phenoxy) is 1. The Bertz CT molecular complexity index is 1190. The number of hydrogen-bond donors (Lipinski definition) is 1. The van der Waals surface area contributed by atoms with Gasteiger partial charge in [0.2, 0.25) is 10.0 Å². The average molecular weight is 437 g/mol. The van der Waals surface area contributed by atoms with Crippen molar-refractivity contribution in [3.05, 3.63) is 95.6 Å². The number of benzene rings is 3. The third-order valence-electron chi connectivity index (χ3n) is 5.35. The van der Waals surface area contributed by atoms with Crippen LogP contribution in [0.15, 0.2) is 78.9 Å². The van der Waals surface area contributed by atoms with Crippen molar-refractivity contribution in [3.63, 3.8) is 0 Å². The van der Waals surface area contributed by atoms with E-state index in [1.54, 1.807) is 24.3 Å². The maximum atomic E-state index is 13.3. The number of hydrogen-bond acceptors (Lipinski definition) is 4. The van der Waals surface area contributed by atoms with Gasteiger partial charge in [0.1, 0.15) is 5.75 Å². The van der Waals surface area contributed by atoms with Crippen molar-refractivity contribution in [1.29, 1.82) is 0 Å². The number of nitrogens with one attached hydrogen (secondary N) is 1. The minimum Gasteiger partial charge on any atom is -0.476 e. The van der Waals surface area contributed by atoms with Crippen LogP contribution in [0, 0.1) is 6.92 Å². The molecule has 2 atom stereocenters. The lowest BCUT2D eigenvalue weighted by molar-refractivity contribution is -0.128. The number of para-hydroxylation sites is 2. The van der Waals surface area contributed by atoms with Crippen LogP contribution in [0.4, 0.5) is 5.69 Å². The van der Waals surface area contributed by atoms with E-state index < -0.39 is 16.1 Å². The Balaban J connectivity index is 1.66. The summed E-state index contributed by atoms with van der Waals surface area (Å²) in [6.45, 7) is 1.91. The van der Waals surface area contributed by atoms with Gasteiger partial charge < -0.3 is 10.1 Å². The highest BCUT2D eigenvalue weighted by molar-refractivity contribution is 7.92. The van der Waals surface area contributed by atoms with Crippen molar-refractivity contribution in [3.8, 4) is 5.75 Å². The number of carbonyl (C=O) groups excluding carboxylic acids is 1. The zero-order chi connectivity index (χ0) is 22.0. The molecule has 4 rings (SSSR count). The SMILES string of the molecule is Cc1ccccc1[C@@H](NC(=O)[C@@H]1CN(S(C)(=O)=O)c2ccccc2O1)c1ccccc1. The van der Waals surface area contributed by atoms with Crippen molar-refractivity contribution >= 4 is 21.6 Å². The summed E-state index contributed by atoms with van der Waals surface area (Å²) in [5.74, 6) is -0.00765. The number of fused-ring (bicyclic) bond motifs is 1. The smallest absolute Gasteiger partial charge is 0.263 e. The van der Waals surface area contributed by atoms with Gasteiger partial charge in [-0.3, -0.25) is 9.10 Å². The van der Waals surface area contributed by atoms with Crippen LogP contribution in [-0.2, 0) is 14.8 Å². The third-order valence-corrected chi connectivity index (χ3v) is 6.49. The molecule has 1 heterocycles. The van der Waals surface area contributed by atoms with Gasteiger partial charge in [-0.2, -0.15) is 0 Å². The molecule has 1 N–H and O–H groups in total. The van der Waals surface area contributed by atoms with Crippen LogP contribution in [-0.4, -0.2) is 33.2 Å². The lowest BCUT2D eigenvalue weighted by Gasteiger charge is -2.34. The summed E-state index contributed by atoms with van der Waals surface area (Å²) >= 11 is 0. The number of aryl methyl sites for hydroxylation is 1. The standard InChI is InChI=1S/C24H24N2O4S/c1-17-10-6-7-13-19(17)23(18-11-4-3-5-12-18)25-24(27)22-16-26(31(2,28)29)20-14-8-9-15-21(20)30-22/h3-15,22-23H,16H2,1-2H3,(H,25,27)/t22-,23-/m0/s1. The number of sulfonamides is 1. The fourth-order valence-electron chi connectivity index (χ4n) is 3.78. The highest BCUT2D eigenvalue weighted by Gasteiger charge is 2.36. The van der Waals surface area contributed by atoms with E-state index in [1.807, 2.05) is 61.5 Å². The summed E-state index contributed by atoms with van der Waals surface area (Å²) in [4.78, 5) is 13.3. The van der Waals surface area contributed by atoms with E-state index in [0.29, 0.717) is 11.4 Å². The molecule has 31 heavy (non-hydrogen) atoms. The Labute approximate surface area is 182 Å². The third kappa shape index (κ3) is 4.41. The lowest BCUT2D eigenvalue weighted by atomic mass is 9.94. The first-order valence-electron chi connectivity index (χ1n) is 9.99. The second kappa shape index (κ2) is 8.43. The first-order valence-corrected chi connectivity index (χ1v) is 11.8. The molecule has 0 aliphatic carbocycles. The van der Waals surface area contributed by atoms with Crippen LogP contribution in [0.25, 0.3) is 0 Å². The highest BCUT2D eigenvalue weighted by Crippen LogP contribution is 2.35. The summed E-state index contributed by atoms with van der Waals surface area (Å²) < 4.78 is 31.9.